The van der Waals surface area contributed by atoms with E-state index in [2.05, 4.69) is 20.7 Å². The van der Waals surface area contributed by atoms with E-state index in [0.717, 1.165) is 11.9 Å². The largest absolute Gasteiger partial charge is 0.384 e. The third-order valence-electron chi connectivity index (χ3n) is 0.281. The van der Waals surface area contributed by atoms with Crippen molar-refractivity contribution >= 4 is 15.9 Å². The van der Waals surface area contributed by atoms with Crippen LogP contribution in [0, 0.1) is 0 Å². The standard InChI is InChI=1S/C3H7BrO.C2H6/c1-5-3-2-4;1-2/h2-3H2,1H3;1-2H3. The molecule has 0 fully saturated rings. The number of methoxy groups -OCH3 is 1. The highest BCUT2D eigenvalue weighted by molar-refractivity contribution is 9.09. The van der Waals surface area contributed by atoms with Gasteiger partial charge >= 0.3 is 0 Å². The van der Waals surface area contributed by atoms with Crippen LogP contribution in [-0.2, 0) is 4.74 Å². The summed E-state index contributed by atoms with van der Waals surface area (Å²) >= 11 is 3.18. The zero-order valence-corrected chi connectivity index (χ0v) is 6.79. The van der Waals surface area contributed by atoms with Gasteiger partial charge in [-0.05, 0) is 0 Å². The molecule has 0 aliphatic carbocycles. The lowest BCUT2D eigenvalue weighted by Gasteiger charge is -1.83. The lowest BCUT2D eigenvalue weighted by Crippen LogP contribution is -1.85. The molecule has 0 atom stereocenters. The lowest BCUT2D eigenvalue weighted by atomic mass is 10.9. The van der Waals surface area contributed by atoms with Gasteiger partial charge < -0.3 is 4.74 Å². The summed E-state index contributed by atoms with van der Waals surface area (Å²) in [5, 5.41) is 0.934. The molecule has 7 heavy (non-hydrogen) atoms. The quantitative estimate of drug-likeness (QED) is 0.575. The molecule has 0 saturated heterocycles. The summed E-state index contributed by atoms with van der Waals surface area (Å²) in [6, 6.07) is 0. The smallest absolute Gasteiger partial charge is 0.0559 e. The predicted molar refractivity (Wildman–Crippen MR) is 37.0 cm³/mol. The number of halogens is 1. The average molecular weight is 169 g/mol. The molecule has 0 aliphatic rings. The lowest BCUT2D eigenvalue weighted by molar-refractivity contribution is 0.219. The number of hydrogen-bond donors (Lipinski definition) is 0. The third-order valence-corrected chi connectivity index (χ3v) is 0.605. The molecule has 0 aromatic rings. The number of alkyl halides is 1. The highest BCUT2D eigenvalue weighted by Gasteiger charge is 1.68. The first kappa shape index (κ1) is 10.4. The molecule has 0 rings (SSSR count). The van der Waals surface area contributed by atoms with Gasteiger partial charge in [0.05, 0.1) is 6.61 Å². The number of ether oxygens (including phenoxy) is 1. The molecule has 0 saturated carbocycles. The number of hydrogen-bond acceptors (Lipinski definition) is 1. The van der Waals surface area contributed by atoms with E-state index >= 15 is 0 Å². The minimum Gasteiger partial charge on any atom is -0.384 e. The Morgan fingerprint density at radius 2 is 1.86 bits per heavy atom. The summed E-state index contributed by atoms with van der Waals surface area (Å²) in [6.07, 6.45) is 0. The van der Waals surface area contributed by atoms with E-state index < -0.39 is 0 Å². The second-order valence-electron chi connectivity index (χ2n) is 0.682. The van der Waals surface area contributed by atoms with Crippen LogP contribution in [0.4, 0.5) is 0 Å². The summed E-state index contributed by atoms with van der Waals surface area (Å²) in [5.74, 6) is 0. The Morgan fingerprint density at radius 1 is 1.43 bits per heavy atom. The molecule has 0 heterocycles. The molecule has 1 nitrogen and oxygen atoms in total. The molecule has 0 bridgehead atoms. The van der Waals surface area contributed by atoms with Gasteiger partial charge in [-0.15, -0.1) is 0 Å². The molecule has 0 aromatic carbocycles. The molecule has 0 aromatic heterocycles. The van der Waals surface area contributed by atoms with Gasteiger partial charge in [0.1, 0.15) is 0 Å². The van der Waals surface area contributed by atoms with Crippen molar-refractivity contribution < 1.29 is 4.74 Å². The van der Waals surface area contributed by atoms with Crippen molar-refractivity contribution in [2.45, 2.75) is 13.8 Å². The zero-order chi connectivity index (χ0) is 6.12. The molecule has 0 aliphatic heterocycles. The van der Waals surface area contributed by atoms with Gasteiger partial charge in [-0.2, -0.15) is 0 Å². The summed E-state index contributed by atoms with van der Waals surface area (Å²) in [7, 11) is 1.68. The van der Waals surface area contributed by atoms with E-state index in [0.29, 0.717) is 0 Å². The maximum atomic E-state index is 4.64. The molecule has 0 radical (unpaired) electrons. The van der Waals surface area contributed by atoms with E-state index in [9.17, 15) is 0 Å². The van der Waals surface area contributed by atoms with Gasteiger partial charge in [0.25, 0.3) is 0 Å². The van der Waals surface area contributed by atoms with Crippen molar-refractivity contribution in [2.24, 2.45) is 0 Å². The van der Waals surface area contributed by atoms with E-state index in [1.165, 1.54) is 0 Å². The normalized spacial score (nSPS) is 6.86. The SMILES string of the molecule is CC.COCCBr. The minimum absolute atomic E-state index is 0.806. The summed E-state index contributed by atoms with van der Waals surface area (Å²) < 4.78 is 4.64. The maximum Gasteiger partial charge on any atom is 0.0559 e. The molecule has 0 spiro atoms. The molecular formula is C5H13BrO. The zero-order valence-electron chi connectivity index (χ0n) is 5.20. The molecule has 0 unspecified atom stereocenters. The van der Waals surface area contributed by atoms with Crippen LogP contribution in [0.3, 0.4) is 0 Å². The Morgan fingerprint density at radius 3 is 1.86 bits per heavy atom. The van der Waals surface area contributed by atoms with Gasteiger partial charge in [0.2, 0.25) is 0 Å². The maximum absolute atomic E-state index is 4.64. The second-order valence-corrected chi connectivity index (χ2v) is 1.47. The topological polar surface area (TPSA) is 9.23 Å². The molecule has 46 valence electrons. The average Bonchev–Trinajstić information content (AvgIpc) is 1.75. The van der Waals surface area contributed by atoms with Crippen LogP contribution in [0.5, 0.6) is 0 Å². The van der Waals surface area contributed by atoms with Crippen LogP contribution < -0.4 is 0 Å². The third kappa shape index (κ3) is 21.3. The molecule has 0 amide bonds. The Hall–Kier alpha value is 0.440. The van der Waals surface area contributed by atoms with E-state index in [1.54, 1.807) is 7.11 Å². The fourth-order valence-electron chi connectivity index (χ4n) is 0.0772. The van der Waals surface area contributed by atoms with Crippen LogP contribution in [0.2, 0.25) is 0 Å². The first-order chi connectivity index (χ1) is 3.41. The van der Waals surface area contributed by atoms with Crippen molar-refractivity contribution in [2.75, 3.05) is 19.0 Å². The van der Waals surface area contributed by atoms with Gasteiger partial charge in [0, 0.05) is 12.4 Å². The van der Waals surface area contributed by atoms with Crippen LogP contribution in [0.15, 0.2) is 0 Å². The van der Waals surface area contributed by atoms with E-state index in [1.807, 2.05) is 13.8 Å². The molecule has 0 N–H and O–H groups in total. The highest BCUT2D eigenvalue weighted by Crippen LogP contribution is 1.75. The fourth-order valence-corrected chi connectivity index (χ4v) is 0.401. The van der Waals surface area contributed by atoms with Gasteiger partial charge in [-0.1, -0.05) is 29.8 Å². The summed E-state index contributed by atoms with van der Waals surface area (Å²) in [4.78, 5) is 0. The van der Waals surface area contributed by atoms with Crippen molar-refractivity contribution in [3.8, 4) is 0 Å². The monoisotopic (exact) mass is 168 g/mol. The van der Waals surface area contributed by atoms with Gasteiger partial charge in [0.15, 0.2) is 0 Å². The predicted octanol–water partition coefficient (Wildman–Crippen LogP) is 2.05. The summed E-state index contributed by atoms with van der Waals surface area (Å²) in [6.45, 7) is 4.81. The van der Waals surface area contributed by atoms with E-state index in [4.69, 9.17) is 0 Å². The Bertz CT molecular complexity index is 15.6. The van der Waals surface area contributed by atoms with Crippen LogP contribution in [-0.4, -0.2) is 19.0 Å². The van der Waals surface area contributed by atoms with Crippen molar-refractivity contribution in [1.82, 2.24) is 0 Å². The van der Waals surface area contributed by atoms with Crippen LogP contribution in [0.25, 0.3) is 0 Å². The van der Waals surface area contributed by atoms with Crippen molar-refractivity contribution in [3.63, 3.8) is 0 Å². The van der Waals surface area contributed by atoms with Crippen molar-refractivity contribution in [3.05, 3.63) is 0 Å². The second kappa shape index (κ2) is 16.1. The van der Waals surface area contributed by atoms with Gasteiger partial charge in [-0.25, -0.2) is 0 Å². The summed E-state index contributed by atoms with van der Waals surface area (Å²) in [5.41, 5.74) is 0. The Kier molecular flexibility index (Phi) is 24.0. The minimum atomic E-state index is 0.806. The van der Waals surface area contributed by atoms with E-state index in [-0.39, 0.29) is 0 Å². The first-order valence-corrected chi connectivity index (χ1v) is 3.59. The van der Waals surface area contributed by atoms with Crippen LogP contribution >= 0.6 is 15.9 Å². The molecule has 2 heteroatoms. The fraction of sp³-hybridized carbons (Fsp3) is 1.00. The van der Waals surface area contributed by atoms with Gasteiger partial charge in [-0.3, -0.25) is 0 Å². The van der Waals surface area contributed by atoms with Crippen molar-refractivity contribution in [1.29, 1.82) is 0 Å². The van der Waals surface area contributed by atoms with Crippen LogP contribution in [0.1, 0.15) is 13.8 Å². The highest BCUT2D eigenvalue weighted by atomic mass is 79.9. The molecular weight excluding hydrogens is 156 g/mol. The number of rotatable bonds is 2. The Labute approximate surface area is 54.2 Å². The Balaban J connectivity index is 0. The first-order valence-electron chi connectivity index (χ1n) is 2.46.